The summed E-state index contributed by atoms with van der Waals surface area (Å²) < 4.78 is 11.9. The molecular formula is C20H36N2O2. The molecule has 24 heavy (non-hydrogen) atoms. The second-order valence-corrected chi connectivity index (χ2v) is 6.29. The van der Waals surface area contributed by atoms with Gasteiger partial charge in [0.05, 0.1) is 13.2 Å². The number of hydrogen-bond acceptors (Lipinski definition) is 4. The Bertz CT molecular complexity index is 408. The molecule has 0 saturated carbocycles. The summed E-state index contributed by atoms with van der Waals surface area (Å²) in [6.45, 7) is 6.77. The van der Waals surface area contributed by atoms with Gasteiger partial charge in [0.1, 0.15) is 11.5 Å². The van der Waals surface area contributed by atoms with Crippen LogP contribution in [-0.4, -0.2) is 13.2 Å². The zero-order valence-electron chi connectivity index (χ0n) is 15.6. The molecule has 0 spiro atoms. The van der Waals surface area contributed by atoms with Crippen LogP contribution in [0.15, 0.2) is 12.1 Å². The van der Waals surface area contributed by atoms with Gasteiger partial charge in [0.2, 0.25) is 0 Å². The predicted octanol–water partition coefficient (Wildman–Crippen LogP) is 4.52. The van der Waals surface area contributed by atoms with Crippen LogP contribution in [0.2, 0.25) is 0 Å². The molecule has 0 bridgehead atoms. The predicted molar refractivity (Wildman–Crippen MR) is 101 cm³/mol. The van der Waals surface area contributed by atoms with E-state index in [0.29, 0.717) is 13.1 Å². The van der Waals surface area contributed by atoms with Gasteiger partial charge in [0, 0.05) is 24.2 Å². The Morgan fingerprint density at radius 2 is 1.08 bits per heavy atom. The average molecular weight is 337 g/mol. The summed E-state index contributed by atoms with van der Waals surface area (Å²) in [6.07, 6.45) is 9.54. The summed E-state index contributed by atoms with van der Waals surface area (Å²) in [5.41, 5.74) is 13.8. The van der Waals surface area contributed by atoms with Crippen LogP contribution in [-0.2, 0) is 13.1 Å². The third-order valence-corrected chi connectivity index (χ3v) is 4.19. The van der Waals surface area contributed by atoms with Crippen LogP contribution < -0.4 is 20.9 Å². The molecule has 1 aromatic rings. The van der Waals surface area contributed by atoms with Gasteiger partial charge in [-0.15, -0.1) is 0 Å². The van der Waals surface area contributed by atoms with Gasteiger partial charge in [-0.2, -0.15) is 0 Å². The molecule has 1 aromatic carbocycles. The van der Waals surface area contributed by atoms with Crippen molar-refractivity contribution in [1.82, 2.24) is 0 Å². The van der Waals surface area contributed by atoms with Gasteiger partial charge in [0.15, 0.2) is 0 Å². The molecule has 138 valence electrons. The van der Waals surface area contributed by atoms with E-state index in [4.69, 9.17) is 20.9 Å². The van der Waals surface area contributed by atoms with Crippen LogP contribution in [0.4, 0.5) is 0 Å². The van der Waals surface area contributed by atoms with E-state index in [0.717, 1.165) is 48.7 Å². The molecule has 0 aromatic heterocycles. The van der Waals surface area contributed by atoms with Crippen LogP contribution in [0.5, 0.6) is 11.5 Å². The van der Waals surface area contributed by atoms with Crippen molar-refractivity contribution in [3.8, 4) is 11.5 Å². The van der Waals surface area contributed by atoms with Crippen molar-refractivity contribution in [1.29, 1.82) is 0 Å². The first-order chi connectivity index (χ1) is 11.8. The number of nitrogens with two attached hydrogens (primary N) is 2. The van der Waals surface area contributed by atoms with Gasteiger partial charge in [-0.25, -0.2) is 0 Å². The quantitative estimate of drug-likeness (QED) is 0.490. The van der Waals surface area contributed by atoms with Gasteiger partial charge in [-0.05, 0) is 25.0 Å². The molecule has 4 nitrogen and oxygen atoms in total. The maximum absolute atomic E-state index is 5.94. The summed E-state index contributed by atoms with van der Waals surface area (Å²) in [7, 11) is 0. The summed E-state index contributed by atoms with van der Waals surface area (Å²) in [6, 6.07) is 4.01. The van der Waals surface area contributed by atoms with E-state index in [-0.39, 0.29) is 0 Å². The maximum atomic E-state index is 5.94. The molecule has 4 N–H and O–H groups in total. The molecular weight excluding hydrogens is 300 g/mol. The Labute approximate surface area is 147 Å². The van der Waals surface area contributed by atoms with Gasteiger partial charge >= 0.3 is 0 Å². The van der Waals surface area contributed by atoms with Crippen molar-refractivity contribution in [2.45, 2.75) is 78.3 Å². The monoisotopic (exact) mass is 336 g/mol. The lowest BCUT2D eigenvalue weighted by Crippen LogP contribution is -2.09. The number of benzene rings is 1. The van der Waals surface area contributed by atoms with Crippen LogP contribution in [0.3, 0.4) is 0 Å². The van der Waals surface area contributed by atoms with Crippen LogP contribution in [0, 0.1) is 0 Å². The minimum atomic E-state index is 0.446. The van der Waals surface area contributed by atoms with Crippen molar-refractivity contribution in [3.63, 3.8) is 0 Å². The molecule has 0 amide bonds. The van der Waals surface area contributed by atoms with Gasteiger partial charge in [-0.1, -0.05) is 52.4 Å². The molecule has 1 rings (SSSR count). The molecule has 4 heteroatoms. The van der Waals surface area contributed by atoms with E-state index >= 15 is 0 Å². The van der Waals surface area contributed by atoms with Crippen LogP contribution in [0.25, 0.3) is 0 Å². The fraction of sp³-hybridized carbons (Fsp3) is 0.700. The third kappa shape index (κ3) is 7.54. The van der Waals surface area contributed by atoms with E-state index < -0.39 is 0 Å². The molecule has 0 aliphatic carbocycles. The van der Waals surface area contributed by atoms with Crippen molar-refractivity contribution >= 4 is 0 Å². The highest BCUT2D eigenvalue weighted by atomic mass is 16.5. The number of rotatable bonds is 14. The maximum Gasteiger partial charge on any atom is 0.124 e. The third-order valence-electron chi connectivity index (χ3n) is 4.19. The summed E-state index contributed by atoms with van der Waals surface area (Å²) in [5.74, 6) is 1.71. The topological polar surface area (TPSA) is 70.5 Å². The van der Waals surface area contributed by atoms with Crippen molar-refractivity contribution in [2.24, 2.45) is 11.5 Å². The molecule has 0 aliphatic rings. The molecule has 0 aliphatic heterocycles. The standard InChI is InChI=1S/C20H36N2O2/c1-3-5-7-9-11-23-19-13-18(16-22)20(14-17(19)15-21)24-12-10-8-6-4-2/h13-14H,3-12,15-16,21-22H2,1-2H3. The van der Waals surface area contributed by atoms with Gasteiger partial charge in [-0.3, -0.25) is 0 Å². The number of ether oxygens (including phenoxy) is 2. The lowest BCUT2D eigenvalue weighted by Gasteiger charge is -2.16. The first-order valence-corrected chi connectivity index (χ1v) is 9.58. The summed E-state index contributed by atoms with van der Waals surface area (Å²) in [4.78, 5) is 0. The lowest BCUT2D eigenvalue weighted by atomic mass is 10.1. The fourth-order valence-electron chi connectivity index (χ4n) is 2.65. The van der Waals surface area contributed by atoms with E-state index in [1.807, 2.05) is 12.1 Å². The smallest absolute Gasteiger partial charge is 0.124 e. The zero-order valence-corrected chi connectivity index (χ0v) is 15.6. The molecule has 0 heterocycles. The average Bonchev–Trinajstić information content (AvgIpc) is 2.61. The van der Waals surface area contributed by atoms with Crippen molar-refractivity contribution < 1.29 is 9.47 Å². The first kappa shape index (κ1) is 20.8. The second-order valence-electron chi connectivity index (χ2n) is 6.29. The Morgan fingerprint density at radius 1 is 0.667 bits per heavy atom. The highest BCUT2D eigenvalue weighted by Gasteiger charge is 2.11. The Kier molecular flexibility index (Phi) is 11.3. The van der Waals surface area contributed by atoms with Gasteiger partial charge in [0.25, 0.3) is 0 Å². The summed E-state index contributed by atoms with van der Waals surface area (Å²) >= 11 is 0. The zero-order chi connectivity index (χ0) is 17.6. The number of unbranched alkanes of at least 4 members (excludes halogenated alkanes) is 6. The Hall–Kier alpha value is -1.26. The van der Waals surface area contributed by atoms with Crippen LogP contribution in [0.1, 0.15) is 76.3 Å². The minimum Gasteiger partial charge on any atom is -0.493 e. The van der Waals surface area contributed by atoms with E-state index in [1.165, 1.54) is 38.5 Å². The molecule has 0 atom stereocenters. The Morgan fingerprint density at radius 3 is 1.42 bits per heavy atom. The first-order valence-electron chi connectivity index (χ1n) is 9.58. The highest BCUT2D eigenvalue weighted by Crippen LogP contribution is 2.29. The molecule has 0 unspecified atom stereocenters. The van der Waals surface area contributed by atoms with Crippen molar-refractivity contribution in [3.05, 3.63) is 23.3 Å². The van der Waals surface area contributed by atoms with E-state index in [9.17, 15) is 0 Å². The Balaban J connectivity index is 2.63. The highest BCUT2D eigenvalue weighted by molar-refractivity contribution is 5.46. The van der Waals surface area contributed by atoms with Crippen molar-refractivity contribution in [2.75, 3.05) is 13.2 Å². The van der Waals surface area contributed by atoms with E-state index in [1.54, 1.807) is 0 Å². The molecule has 0 fully saturated rings. The lowest BCUT2D eigenvalue weighted by molar-refractivity contribution is 0.292. The van der Waals surface area contributed by atoms with Gasteiger partial charge < -0.3 is 20.9 Å². The SMILES string of the molecule is CCCCCCOc1cc(CN)c(OCCCCCC)cc1CN. The van der Waals surface area contributed by atoms with E-state index in [2.05, 4.69) is 13.8 Å². The largest absolute Gasteiger partial charge is 0.493 e. The summed E-state index contributed by atoms with van der Waals surface area (Å²) in [5, 5.41) is 0. The minimum absolute atomic E-state index is 0.446. The molecule has 0 radical (unpaired) electrons. The normalized spacial score (nSPS) is 10.8. The second kappa shape index (κ2) is 13.1. The molecule has 0 saturated heterocycles. The van der Waals surface area contributed by atoms with Crippen LogP contribution >= 0.6 is 0 Å². The number of hydrogen-bond donors (Lipinski definition) is 2. The fourth-order valence-corrected chi connectivity index (χ4v) is 2.65.